The van der Waals surface area contributed by atoms with Crippen LogP contribution in [0.5, 0.6) is 0 Å². The van der Waals surface area contributed by atoms with Crippen molar-refractivity contribution >= 4 is 28.8 Å². The van der Waals surface area contributed by atoms with E-state index in [4.69, 9.17) is 15.3 Å². The number of thioether (sulfide) groups is 1. The van der Waals surface area contributed by atoms with Gasteiger partial charge in [-0.25, -0.2) is 4.98 Å². The van der Waals surface area contributed by atoms with E-state index in [1.165, 1.54) is 18.7 Å². The van der Waals surface area contributed by atoms with E-state index in [9.17, 15) is 4.79 Å². The van der Waals surface area contributed by atoms with E-state index in [-0.39, 0.29) is 5.75 Å². The normalized spacial score (nSPS) is 14.7. The Balaban J connectivity index is 2.12. The molecule has 6 heteroatoms. The third-order valence-electron chi connectivity index (χ3n) is 2.26. The van der Waals surface area contributed by atoms with Crippen LogP contribution in [0.4, 0.5) is 0 Å². The Morgan fingerprint density at radius 3 is 2.94 bits per heavy atom. The van der Waals surface area contributed by atoms with Gasteiger partial charge in [0, 0.05) is 5.75 Å². The molecule has 0 saturated heterocycles. The maximum Gasteiger partial charge on any atom is 0.324 e. The van der Waals surface area contributed by atoms with Gasteiger partial charge in [0.2, 0.25) is 0 Å². The zero-order valence-electron chi connectivity index (χ0n) is 9.21. The molecule has 2 aromatic rings. The monoisotopic (exact) mass is 252 g/mol. The molecule has 2 rings (SSSR count). The highest BCUT2D eigenvalue weighted by Crippen LogP contribution is 2.25. The molecule has 1 atom stereocenters. The first-order chi connectivity index (χ1) is 7.99. The predicted molar refractivity (Wildman–Crippen MR) is 65.0 cm³/mol. The van der Waals surface area contributed by atoms with Crippen molar-refractivity contribution in [2.24, 2.45) is 5.73 Å². The SMILES string of the molecule is CC(N)(CSc1nc2ccccc2o1)C(=O)O. The lowest BCUT2D eigenvalue weighted by atomic mass is 10.1. The summed E-state index contributed by atoms with van der Waals surface area (Å²) in [6.45, 7) is 1.46. The third kappa shape index (κ3) is 2.59. The predicted octanol–water partition coefficient (Wildman–Crippen LogP) is 1.72. The fourth-order valence-corrected chi connectivity index (χ4v) is 2.04. The Bertz CT molecular complexity index is 517. The molecule has 0 bridgehead atoms. The molecule has 17 heavy (non-hydrogen) atoms. The largest absolute Gasteiger partial charge is 0.480 e. The van der Waals surface area contributed by atoms with Crippen LogP contribution in [0.15, 0.2) is 33.9 Å². The zero-order valence-corrected chi connectivity index (χ0v) is 10.0. The van der Waals surface area contributed by atoms with Gasteiger partial charge >= 0.3 is 5.97 Å². The summed E-state index contributed by atoms with van der Waals surface area (Å²) in [5.74, 6) is -0.837. The van der Waals surface area contributed by atoms with Gasteiger partial charge in [0.15, 0.2) is 5.58 Å². The summed E-state index contributed by atoms with van der Waals surface area (Å²) in [4.78, 5) is 15.0. The molecule has 0 aliphatic heterocycles. The van der Waals surface area contributed by atoms with Crippen molar-refractivity contribution in [3.63, 3.8) is 0 Å². The quantitative estimate of drug-likeness (QED) is 0.805. The lowest BCUT2D eigenvalue weighted by Gasteiger charge is -2.16. The maximum atomic E-state index is 10.8. The summed E-state index contributed by atoms with van der Waals surface area (Å²) < 4.78 is 5.45. The van der Waals surface area contributed by atoms with Crippen LogP contribution in [0.1, 0.15) is 6.92 Å². The summed E-state index contributed by atoms with van der Waals surface area (Å²) in [6, 6.07) is 7.36. The summed E-state index contributed by atoms with van der Waals surface area (Å²) in [5.41, 5.74) is 5.76. The highest BCUT2D eigenvalue weighted by atomic mass is 32.2. The van der Waals surface area contributed by atoms with Crippen LogP contribution in [-0.2, 0) is 4.79 Å². The first-order valence-electron chi connectivity index (χ1n) is 5.00. The van der Waals surface area contributed by atoms with Crippen LogP contribution >= 0.6 is 11.8 Å². The number of para-hydroxylation sites is 2. The van der Waals surface area contributed by atoms with Gasteiger partial charge in [-0.05, 0) is 19.1 Å². The van der Waals surface area contributed by atoms with Crippen molar-refractivity contribution in [2.75, 3.05) is 5.75 Å². The highest BCUT2D eigenvalue weighted by molar-refractivity contribution is 7.99. The number of fused-ring (bicyclic) bond motifs is 1. The highest BCUT2D eigenvalue weighted by Gasteiger charge is 2.28. The van der Waals surface area contributed by atoms with Gasteiger partial charge in [0.05, 0.1) is 0 Å². The fraction of sp³-hybridized carbons (Fsp3) is 0.273. The number of hydrogen-bond donors (Lipinski definition) is 2. The number of aromatic nitrogens is 1. The first kappa shape index (κ1) is 11.9. The van der Waals surface area contributed by atoms with E-state index in [0.29, 0.717) is 10.8 Å². The van der Waals surface area contributed by atoms with Crippen molar-refractivity contribution < 1.29 is 14.3 Å². The molecule has 1 aromatic heterocycles. The van der Waals surface area contributed by atoms with Crippen LogP contribution in [-0.4, -0.2) is 27.4 Å². The zero-order chi connectivity index (χ0) is 12.5. The van der Waals surface area contributed by atoms with Crippen molar-refractivity contribution in [3.05, 3.63) is 24.3 Å². The second kappa shape index (κ2) is 4.38. The number of aliphatic carboxylic acids is 1. The van der Waals surface area contributed by atoms with E-state index < -0.39 is 11.5 Å². The van der Waals surface area contributed by atoms with Gasteiger partial charge in [0.1, 0.15) is 11.1 Å². The molecule has 3 N–H and O–H groups in total. The molecule has 90 valence electrons. The van der Waals surface area contributed by atoms with E-state index in [1.807, 2.05) is 24.3 Å². The van der Waals surface area contributed by atoms with E-state index in [2.05, 4.69) is 4.98 Å². The number of nitrogens with two attached hydrogens (primary N) is 1. The maximum absolute atomic E-state index is 10.8. The van der Waals surface area contributed by atoms with Crippen molar-refractivity contribution in [1.82, 2.24) is 4.98 Å². The minimum atomic E-state index is -1.29. The number of oxazole rings is 1. The van der Waals surface area contributed by atoms with Crippen molar-refractivity contribution in [2.45, 2.75) is 17.7 Å². The van der Waals surface area contributed by atoms with Crippen LogP contribution in [0.2, 0.25) is 0 Å². The average Bonchev–Trinajstić information content (AvgIpc) is 2.69. The van der Waals surface area contributed by atoms with Crippen LogP contribution in [0.25, 0.3) is 11.1 Å². The van der Waals surface area contributed by atoms with E-state index in [1.54, 1.807) is 0 Å². The number of carboxylic acid groups (broad SMARTS) is 1. The molecule has 5 nitrogen and oxygen atoms in total. The van der Waals surface area contributed by atoms with Crippen molar-refractivity contribution in [1.29, 1.82) is 0 Å². The number of rotatable bonds is 4. The van der Waals surface area contributed by atoms with E-state index in [0.717, 1.165) is 5.52 Å². The smallest absolute Gasteiger partial charge is 0.324 e. The average molecular weight is 252 g/mol. The minimum absolute atomic E-state index is 0.204. The minimum Gasteiger partial charge on any atom is -0.480 e. The Morgan fingerprint density at radius 2 is 2.29 bits per heavy atom. The standard InChI is InChI=1S/C11H12N2O3S/c1-11(12,9(14)15)6-17-10-13-7-4-2-3-5-8(7)16-10/h2-5H,6,12H2,1H3,(H,14,15). The molecular formula is C11H12N2O3S. The summed E-state index contributed by atoms with van der Waals surface area (Å²) in [6.07, 6.45) is 0. The Kier molecular flexibility index (Phi) is 3.08. The number of nitrogens with zero attached hydrogens (tertiary/aromatic N) is 1. The second-order valence-electron chi connectivity index (χ2n) is 3.96. The van der Waals surface area contributed by atoms with Gasteiger partial charge in [-0.2, -0.15) is 0 Å². The molecule has 0 spiro atoms. The summed E-state index contributed by atoms with van der Waals surface area (Å²) >= 11 is 1.20. The lowest BCUT2D eigenvalue weighted by Crippen LogP contribution is -2.47. The fourth-order valence-electron chi connectivity index (χ4n) is 1.19. The number of carbonyl (C=O) groups is 1. The van der Waals surface area contributed by atoms with Gasteiger partial charge in [0.25, 0.3) is 5.22 Å². The lowest BCUT2D eigenvalue weighted by molar-refractivity contribution is -0.141. The number of hydrogen-bond acceptors (Lipinski definition) is 5. The second-order valence-corrected chi connectivity index (χ2v) is 4.89. The van der Waals surface area contributed by atoms with Gasteiger partial charge in [-0.1, -0.05) is 23.9 Å². The topological polar surface area (TPSA) is 89.4 Å². The molecule has 1 heterocycles. The Morgan fingerprint density at radius 1 is 1.59 bits per heavy atom. The van der Waals surface area contributed by atoms with Crippen LogP contribution in [0, 0.1) is 0 Å². The molecule has 0 aliphatic rings. The molecule has 0 amide bonds. The Hall–Kier alpha value is -1.53. The van der Waals surface area contributed by atoms with Gasteiger partial charge < -0.3 is 15.3 Å². The molecule has 0 radical (unpaired) electrons. The molecule has 0 aliphatic carbocycles. The summed E-state index contributed by atoms with van der Waals surface area (Å²) in [5, 5.41) is 9.30. The first-order valence-corrected chi connectivity index (χ1v) is 5.98. The van der Waals surface area contributed by atoms with Gasteiger partial charge in [-0.3, -0.25) is 4.79 Å². The molecule has 1 aromatic carbocycles. The van der Waals surface area contributed by atoms with Gasteiger partial charge in [-0.15, -0.1) is 0 Å². The van der Waals surface area contributed by atoms with Crippen LogP contribution < -0.4 is 5.73 Å². The number of carboxylic acids is 1. The summed E-state index contributed by atoms with van der Waals surface area (Å²) in [7, 11) is 0. The number of benzene rings is 1. The molecule has 0 fully saturated rings. The molecular weight excluding hydrogens is 240 g/mol. The molecule has 0 saturated carbocycles. The van der Waals surface area contributed by atoms with Crippen molar-refractivity contribution in [3.8, 4) is 0 Å². The third-order valence-corrected chi connectivity index (χ3v) is 3.42. The van der Waals surface area contributed by atoms with E-state index >= 15 is 0 Å². The van der Waals surface area contributed by atoms with Crippen LogP contribution in [0.3, 0.4) is 0 Å². The molecule has 1 unspecified atom stereocenters. The Labute approximate surface area is 102 Å².